The van der Waals surface area contributed by atoms with E-state index in [0.717, 1.165) is 18.2 Å². The Hall–Kier alpha value is -2.64. The summed E-state index contributed by atoms with van der Waals surface area (Å²) in [6, 6.07) is 5.63. The summed E-state index contributed by atoms with van der Waals surface area (Å²) >= 11 is 0. The number of aromatic nitrogens is 2. The third-order valence-electron chi connectivity index (χ3n) is 3.72. The van der Waals surface area contributed by atoms with Crippen LogP contribution in [0.2, 0.25) is 0 Å². The number of aryl methyl sites for hydroxylation is 1. The van der Waals surface area contributed by atoms with Crippen LogP contribution in [0.1, 0.15) is 48.2 Å². The second kappa shape index (κ2) is 6.70. The average molecular weight is 353 g/mol. The highest BCUT2D eigenvalue weighted by Crippen LogP contribution is 2.30. The molecule has 0 saturated carbocycles. The molecule has 25 heavy (non-hydrogen) atoms. The summed E-state index contributed by atoms with van der Waals surface area (Å²) in [5.41, 5.74) is -1.70. The lowest BCUT2D eigenvalue weighted by molar-refractivity contribution is -0.137. The first-order chi connectivity index (χ1) is 11.5. The van der Waals surface area contributed by atoms with Crippen LogP contribution in [0.5, 0.6) is 0 Å². The van der Waals surface area contributed by atoms with Gasteiger partial charge in [-0.25, -0.2) is 4.98 Å². The van der Waals surface area contributed by atoms with Crippen LogP contribution in [0.25, 0.3) is 0 Å². The third kappa shape index (κ3) is 4.46. The van der Waals surface area contributed by atoms with Crippen LogP contribution >= 0.6 is 0 Å². The quantitative estimate of drug-likeness (QED) is 0.887. The molecule has 0 radical (unpaired) electrons. The fourth-order valence-electron chi connectivity index (χ4n) is 2.29. The van der Waals surface area contributed by atoms with Gasteiger partial charge in [-0.1, -0.05) is 19.1 Å². The highest BCUT2D eigenvalue weighted by molar-refractivity contribution is 5.92. The minimum absolute atomic E-state index is 0.0411. The number of hydrogen-bond acceptors (Lipinski definition) is 3. The Kier molecular flexibility index (Phi) is 5.01. The largest absolute Gasteiger partial charge is 0.416 e. The van der Waals surface area contributed by atoms with Crippen LogP contribution in [-0.4, -0.2) is 15.9 Å². The summed E-state index contributed by atoms with van der Waals surface area (Å²) in [5.74, 6) is -0.198. The maximum atomic E-state index is 12.6. The predicted octanol–water partition coefficient (Wildman–Crippen LogP) is 3.02. The van der Waals surface area contributed by atoms with E-state index in [1.165, 1.54) is 12.1 Å². The maximum Gasteiger partial charge on any atom is 0.416 e. The minimum atomic E-state index is -4.42. The molecule has 2 aromatic rings. The monoisotopic (exact) mass is 353 g/mol. The fraction of sp³-hybridized carbons (Fsp3) is 0.353. The van der Waals surface area contributed by atoms with Gasteiger partial charge in [0.25, 0.3) is 11.5 Å². The molecular weight excluding hydrogens is 335 g/mol. The lowest BCUT2D eigenvalue weighted by Gasteiger charge is -2.27. The Morgan fingerprint density at radius 2 is 1.72 bits per heavy atom. The van der Waals surface area contributed by atoms with Crippen molar-refractivity contribution in [2.75, 3.05) is 0 Å². The van der Waals surface area contributed by atoms with Gasteiger partial charge in [-0.2, -0.15) is 13.2 Å². The van der Waals surface area contributed by atoms with Crippen molar-refractivity contribution in [3.8, 4) is 0 Å². The highest BCUT2D eigenvalue weighted by atomic mass is 19.4. The molecule has 0 saturated heterocycles. The molecule has 134 valence electrons. The Labute approximate surface area is 142 Å². The number of benzene rings is 1. The number of amides is 1. The van der Waals surface area contributed by atoms with Crippen molar-refractivity contribution in [1.82, 2.24) is 15.3 Å². The van der Waals surface area contributed by atoms with E-state index in [1.807, 2.05) is 0 Å². The fourth-order valence-corrected chi connectivity index (χ4v) is 2.29. The summed E-state index contributed by atoms with van der Waals surface area (Å²) in [7, 11) is 0. The number of carbonyl (C=O) groups excluding carboxylic acids is 1. The van der Waals surface area contributed by atoms with Gasteiger partial charge in [0.05, 0.1) is 11.1 Å². The molecule has 1 aromatic heterocycles. The van der Waals surface area contributed by atoms with Gasteiger partial charge in [-0.3, -0.25) is 9.59 Å². The highest BCUT2D eigenvalue weighted by Gasteiger charge is 2.31. The lowest BCUT2D eigenvalue weighted by Crippen LogP contribution is -2.41. The first kappa shape index (κ1) is 18.7. The number of rotatable bonds is 4. The van der Waals surface area contributed by atoms with Crippen LogP contribution in [0.15, 0.2) is 35.1 Å². The molecule has 0 atom stereocenters. The summed E-state index contributed by atoms with van der Waals surface area (Å²) in [4.78, 5) is 30.5. The zero-order chi connectivity index (χ0) is 18.8. The summed E-state index contributed by atoms with van der Waals surface area (Å²) in [6.45, 7) is 5.09. The Morgan fingerprint density at radius 3 is 2.24 bits per heavy atom. The zero-order valence-corrected chi connectivity index (χ0v) is 14.0. The number of halogens is 3. The number of H-pyrrole nitrogens is 1. The van der Waals surface area contributed by atoms with E-state index in [9.17, 15) is 22.8 Å². The average Bonchev–Trinajstić information content (AvgIpc) is 2.53. The number of nitrogens with one attached hydrogen (secondary N) is 2. The van der Waals surface area contributed by atoms with E-state index in [0.29, 0.717) is 17.8 Å². The zero-order valence-electron chi connectivity index (χ0n) is 14.0. The second-order valence-corrected chi connectivity index (χ2v) is 6.09. The Morgan fingerprint density at radius 1 is 1.16 bits per heavy atom. The summed E-state index contributed by atoms with van der Waals surface area (Å²) < 4.78 is 37.9. The van der Waals surface area contributed by atoms with E-state index in [-0.39, 0.29) is 5.69 Å². The van der Waals surface area contributed by atoms with Crippen LogP contribution < -0.4 is 10.9 Å². The van der Waals surface area contributed by atoms with Gasteiger partial charge in [0.15, 0.2) is 0 Å². The molecule has 2 N–H and O–H groups in total. The molecule has 0 bridgehead atoms. The van der Waals surface area contributed by atoms with Gasteiger partial charge in [0.2, 0.25) is 0 Å². The number of alkyl halides is 3. The molecule has 0 unspecified atom stereocenters. The molecule has 0 aliphatic heterocycles. The first-order valence-corrected chi connectivity index (χ1v) is 7.63. The molecule has 8 heteroatoms. The SMILES string of the molecule is CCc1nc(C(=O)NC(C)(C)c2ccc(C(F)(F)F)cc2)cc(=O)[nH]1. The van der Waals surface area contributed by atoms with Crippen LogP contribution in [0.3, 0.4) is 0 Å². The topological polar surface area (TPSA) is 74.8 Å². The normalized spacial score (nSPS) is 12.1. The first-order valence-electron chi connectivity index (χ1n) is 7.63. The van der Waals surface area contributed by atoms with Crippen LogP contribution in [0.4, 0.5) is 13.2 Å². The van der Waals surface area contributed by atoms with E-state index >= 15 is 0 Å². The van der Waals surface area contributed by atoms with Crippen molar-refractivity contribution in [2.45, 2.75) is 38.9 Å². The summed E-state index contributed by atoms with van der Waals surface area (Å²) in [6.07, 6.45) is -3.96. The Balaban J connectivity index is 2.24. The van der Waals surface area contributed by atoms with Gasteiger partial charge in [-0.05, 0) is 31.5 Å². The molecular formula is C17H18F3N3O2. The molecule has 0 aliphatic carbocycles. The molecule has 0 spiro atoms. The molecule has 0 aliphatic rings. The van der Waals surface area contributed by atoms with Crippen LogP contribution in [0, 0.1) is 0 Å². The van der Waals surface area contributed by atoms with E-state index in [2.05, 4.69) is 15.3 Å². The van der Waals surface area contributed by atoms with Gasteiger partial charge < -0.3 is 10.3 Å². The van der Waals surface area contributed by atoms with Crippen molar-refractivity contribution in [2.24, 2.45) is 0 Å². The van der Waals surface area contributed by atoms with Crippen molar-refractivity contribution in [1.29, 1.82) is 0 Å². The van der Waals surface area contributed by atoms with Crippen molar-refractivity contribution in [3.05, 3.63) is 63.3 Å². The molecule has 2 rings (SSSR count). The molecule has 1 heterocycles. The molecule has 1 amide bonds. The van der Waals surface area contributed by atoms with Crippen LogP contribution in [-0.2, 0) is 18.1 Å². The number of carbonyl (C=O) groups is 1. The standard InChI is InChI=1S/C17H18F3N3O2/c1-4-13-21-12(9-14(24)22-13)15(25)23-16(2,3)10-5-7-11(8-6-10)17(18,19)20/h5-9H,4H2,1-3H3,(H,23,25)(H,21,22,24). The molecule has 5 nitrogen and oxygen atoms in total. The minimum Gasteiger partial charge on any atom is -0.342 e. The molecule has 0 fully saturated rings. The predicted molar refractivity (Wildman–Crippen MR) is 86.2 cm³/mol. The number of aromatic amines is 1. The third-order valence-corrected chi connectivity index (χ3v) is 3.72. The van der Waals surface area contributed by atoms with Gasteiger partial charge in [-0.15, -0.1) is 0 Å². The second-order valence-electron chi connectivity index (χ2n) is 6.09. The lowest BCUT2D eigenvalue weighted by atomic mass is 9.93. The van der Waals surface area contributed by atoms with E-state index < -0.39 is 28.7 Å². The molecule has 1 aromatic carbocycles. The maximum absolute atomic E-state index is 12.6. The van der Waals surface area contributed by atoms with Crippen molar-refractivity contribution >= 4 is 5.91 Å². The van der Waals surface area contributed by atoms with Gasteiger partial charge >= 0.3 is 6.18 Å². The number of nitrogens with zero attached hydrogens (tertiary/aromatic N) is 1. The van der Waals surface area contributed by atoms with E-state index in [1.54, 1.807) is 20.8 Å². The summed E-state index contributed by atoms with van der Waals surface area (Å²) in [5, 5.41) is 2.69. The van der Waals surface area contributed by atoms with Gasteiger partial charge in [0, 0.05) is 12.5 Å². The van der Waals surface area contributed by atoms with Gasteiger partial charge in [0.1, 0.15) is 11.5 Å². The van der Waals surface area contributed by atoms with Crippen molar-refractivity contribution in [3.63, 3.8) is 0 Å². The van der Waals surface area contributed by atoms with Crippen molar-refractivity contribution < 1.29 is 18.0 Å². The number of hydrogen-bond donors (Lipinski definition) is 2. The smallest absolute Gasteiger partial charge is 0.342 e. The Bertz CT molecular complexity index is 824. The van der Waals surface area contributed by atoms with E-state index in [4.69, 9.17) is 0 Å².